The van der Waals surface area contributed by atoms with E-state index in [4.69, 9.17) is 10.8 Å². The van der Waals surface area contributed by atoms with Crippen molar-refractivity contribution in [1.82, 2.24) is 0 Å². The van der Waals surface area contributed by atoms with Gasteiger partial charge < -0.3 is 15.9 Å². The third-order valence-corrected chi connectivity index (χ3v) is 2.53. The van der Waals surface area contributed by atoms with E-state index in [1.54, 1.807) is 12.1 Å². The highest BCUT2D eigenvalue weighted by Crippen LogP contribution is 2.29. The van der Waals surface area contributed by atoms with Crippen LogP contribution in [0.4, 0.5) is 0 Å². The molecule has 0 bridgehead atoms. The predicted molar refractivity (Wildman–Crippen MR) is 60.8 cm³/mol. The Balaban J connectivity index is 2.61. The van der Waals surface area contributed by atoms with Crippen LogP contribution in [0.15, 0.2) is 18.2 Å². The van der Waals surface area contributed by atoms with Crippen molar-refractivity contribution in [1.29, 1.82) is 0 Å². The van der Waals surface area contributed by atoms with Crippen LogP contribution in [0.2, 0.25) is 0 Å². The number of nitrogens with two attached hydrogens (primary N) is 1. The molecule has 3 heteroatoms. The lowest BCUT2D eigenvalue weighted by molar-refractivity contribution is 0.438. The molecule has 1 unspecified atom stereocenters. The molecule has 0 amide bonds. The molecule has 0 fully saturated rings. The maximum atomic E-state index is 9.58. The van der Waals surface area contributed by atoms with Gasteiger partial charge in [-0.15, -0.1) is 0 Å². The SMILES string of the molecule is CCCCCC(N)c1ccc(O)cc1O. The zero-order valence-corrected chi connectivity index (χ0v) is 9.11. The molecule has 3 nitrogen and oxygen atoms in total. The maximum absolute atomic E-state index is 9.58. The van der Waals surface area contributed by atoms with E-state index in [1.165, 1.54) is 6.07 Å². The minimum Gasteiger partial charge on any atom is -0.508 e. The fourth-order valence-electron chi connectivity index (χ4n) is 1.62. The lowest BCUT2D eigenvalue weighted by Gasteiger charge is -2.13. The van der Waals surface area contributed by atoms with Gasteiger partial charge in [0.1, 0.15) is 11.5 Å². The van der Waals surface area contributed by atoms with Crippen molar-refractivity contribution in [3.8, 4) is 11.5 Å². The van der Waals surface area contributed by atoms with Crippen LogP contribution in [0.25, 0.3) is 0 Å². The second kappa shape index (κ2) is 5.61. The zero-order chi connectivity index (χ0) is 11.3. The first-order valence-corrected chi connectivity index (χ1v) is 5.42. The van der Waals surface area contributed by atoms with Gasteiger partial charge in [-0.2, -0.15) is 0 Å². The van der Waals surface area contributed by atoms with Crippen LogP contribution in [0.5, 0.6) is 11.5 Å². The monoisotopic (exact) mass is 209 g/mol. The summed E-state index contributed by atoms with van der Waals surface area (Å²) in [6.07, 6.45) is 4.25. The minimum absolute atomic E-state index is 0.0667. The molecule has 0 spiro atoms. The molecular weight excluding hydrogens is 190 g/mol. The molecule has 1 aromatic carbocycles. The Kier molecular flexibility index (Phi) is 4.43. The van der Waals surface area contributed by atoms with Crippen LogP contribution in [-0.4, -0.2) is 10.2 Å². The summed E-state index contributed by atoms with van der Waals surface area (Å²) in [4.78, 5) is 0. The fourth-order valence-corrected chi connectivity index (χ4v) is 1.62. The second-order valence-corrected chi connectivity index (χ2v) is 3.85. The van der Waals surface area contributed by atoms with E-state index in [0.29, 0.717) is 5.56 Å². The maximum Gasteiger partial charge on any atom is 0.124 e. The summed E-state index contributed by atoms with van der Waals surface area (Å²) in [6, 6.07) is 4.42. The molecule has 1 atom stereocenters. The molecule has 0 aromatic heterocycles. The van der Waals surface area contributed by atoms with Crippen LogP contribution < -0.4 is 5.73 Å². The van der Waals surface area contributed by atoms with Gasteiger partial charge in [-0.05, 0) is 12.5 Å². The minimum atomic E-state index is -0.142. The summed E-state index contributed by atoms with van der Waals surface area (Å²) in [5.41, 5.74) is 6.66. The Bertz CT molecular complexity index is 312. The second-order valence-electron chi connectivity index (χ2n) is 3.85. The van der Waals surface area contributed by atoms with Crippen molar-refractivity contribution < 1.29 is 10.2 Å². The quantitative estimate of drug-likeness (QED) is 0.653. The molecule has 1 rings (SSSR count). The molecule has 0 saturated heterocycles. The number of hydrogen-bond acceptors (Lipinski definition) is 3. The van der Waals surface area contributed by atoms with E-state index in [0.717, 1.165) is 25.7 Å². The highest BCUT2D eigenvalue weighted by Gasteiger charge is 2.10. The van der Waals surface area contributed by atoms with E-state index in [2.05, 4.69) is 6.92 Å². The van der Waals surface area contributed by atoms with Crippen molar-refractivity contribution >= 4 is 0 Å². The summed E-state index contributed by atoms with van der Waals surface area (Å²) in [6.45, 7) is 2.14. The molecule has 0 aliphatic carbocycles. The number of rotatable bonds is 5. The van der Waals surface area contributed by atoms with Gasteiger partial charge in [0, 0.05) is 17.7 Å². The Labute approximate surface area is 90.5 Å². The summed E-state index contributed by atoms with van der Waals surface area (Å²) < 4.78 is 0. The Hall–Kier alpha value is -1.22. The summed E-state index contributed by atoms with van der Waals surface area (Å²) in [5.74, 6) is 0.149. The van der Waals surface area contributed by atoms with Crippen molar-refractivity contribution in [3.05, 3.63) is 23.8 Å². The average Bonchev–Trinajstić information content (AvgIpc) is 2.17. The lowest BCUT2D eigenvalue weighted by Crippen LogP contribution is -2.10. The number of phenolic OH excluding ortho intramolecular Hbond substituents is 2. The zero-order valence-electron chi connectivity index (χ0n) is 9.11. The van der Waals surface area contributed by atoms with Gasteiger partial charge in [-0.3, -0.25) is 0 Å². The molecule has 0 saturated carbocycles. The largest absolute Gasteiger partial charge is 0.508 e. The molecular formula is C12H19NO2. The third-order valence-electron chi connectivity index (χ3n) is 2.53. The summed E-state index contributed by atoms with van der Waals surface area (Å²) in [5, 5.41) is 18.7. The van der Waals surface area contributed by atoms with E-state index in [9.17, 15) is 5.11 Å². The van der Waals surface area contributed by atoms with Gasteiger partial charge in [-0.25, -0.2) is 0 Å². The Morgan fingerprint density at radius 1 is 1.27 bits per heavy atom. The fraction of sp³-hybridized carbons (Fsp3) is 0.500. The van der Waals surface area contributed by atoms with E-state index in [1.807, 2.05) is 0 Å². The Morgan fingerprint density at radius 3 is 2.60 bits per heavy atom. The molecule has 0 aliphatic heterocycles. The van der Waals surface area contributed by atoms with E-state index in [-0.39, 0.29) is 17.5 Å². The van der Waals surface area contributed by atoms with E-state index < -0.39 is 0 Å². The highest BCUT2D eigenvalue weighted by atomic mass is 16.3. The Morgan fingerprint density at radius 2 is 2.00 bits per heavy atom. The molecule has 0 radical (unpaired) electrons. The lowest BCUT2D eigenvalue weighted by atomic mass is 10.0. The summed E-state index contributed by atoms with van der Waals surface area (Å²) in [7, 11) is 0. The number of unbranched alkanes of at least 4 members (excludes halogenated alkanes) is 2. The van der Waals surface area contributed by atoms with Crippen LogP contribution in [0.1, 0.15) is 44.2 Å². The smallest absolute Gasteiger partial charge is 0.124 e. The van der Waals surface area contributed by atoms with Gasteiger partial charge in [-0.1, -0.05) is 32.3 Å². The average molecular weight is 209 g/mol. The van der Waals surface area contributed by atoms with Crippen molar-refractivity contribution in [2.24, 2.45) is 5.73 Å². The van der Waals surface area contributed by atoms with Gasteiger partial charge in [0.15, 0.2) is 0 Å². The van der Waals surface area contributed by atoms with Gasteiger partial charge in [0.2, 0.25) is 0 Å². The van der Waals surface area contributed by atoms with Crippen molar-refractivity contribution in [2.75, 3.05) is 0 Å². The predicted octanol–water partition coefficient (Wildman–Crippen LogP) is 2.68. The number of benzene rings is 1. The molecule has 1 aromatic rings. The van der Waals surface area contributed by atoms with Gasteiger partial charge in [0.25, 0.3) is 0 Å². The third kappa shape index (κ3) is 3.44. The molecule has 4 N–H and O–H groups in total. The number of phenols is 2. The normalized spacial score (nSPS) is 12.7. The molecule has 84 valence electrons. The van der Waals surface area contributed by atoms with Crippen molar-refractivity contribution in [3.63, 3.8) is 0 Å². The van der Waals surface area contributed by atoms with Crippen LogP contribution in [0, 0.1) is 0 Å². The first-order chi connectivity index (χ1) is 7.15. The standard InChI is InChI=1S/C12H19NO2/c1-2-3-4-5-11(13)10-7-6-9(14)8-12(10)15/h6-8,11,14-15H,2-5,13H2,1H3. The number of aromatic hydroxyl groups is 2. The highest BCUT2D eigenvalue weighted by molar-refractivity contribution is 5.40. The molecule has 0 heterocycles. The van der Waals surface area contributed by atoms with E-state index >= 15 is 0 Å². The van der Waals surface area contributed by atoms with Crippen molar-refractivity contribution in [2.45, 2.75) is 38.6 Å². The summed E-state index contributed by atoms with van der Waals surface area (Å²) >= 11 is 0. The van der Waals surface area contributed by atoms with Gasteiger partial charge in [0.05, 0.1) is 0 Å². The molecule has 0 aliphatic rings. The van der Waals surface area contributed by atoms with Crippen LogP contribution >= 0.6 is 0 Å². The first kappa shape index (κ1) is 11.9. The first-order valence-electron chi connectivity index (χ1n) is 5.42. The number of hydrogen-bond donors (Lipinski definition) is 3. The van der Waals surface area contributed by atoms with Crippen LogP contribution in [-0.2, 0) is 0 Å². The van der Waals surface area contributed by atoms with Crippen LogP contribution in [0.3, 0.4) is 0 Å². The topological polar surface area (TPSA) is 66.5 Å². The van der Waals surface area contributed by atoms with Gasteiger partial charge >= 0.3 is 0 Å². The molecule has 15 heavy (non-hydrogen) atoms.